The number of fused-ring (bicyclic) bond motifs is 1. The molecule has 0 radical (unpaired) electrons. The first kappa shape index (κ1) is 25.8. The predicted octanol–water partition coefficient (Wildman–Crippen LogP) is 3.90. The third-order valence-corrected chi connectivity index (χ3v) is 5.87. The van der Waals surface area contributed by atoms with Gasteiger partial charge < -0.3 is 15.8 Å². The van der Waals surface area contributed by atoms with E-state index in [2.05, 4.69) is 15.3 Å². The average molecular weight is 499 g/mol. The lowest BCUT2D eigenvalue weighted by Crippen LogP contribution is -2.27. The van der Waals surface area contributed by atoms with Crippen molar-refractivity contribution >= 4 is 32.9 Å². The molecule has 0 aliphatic heterocycles. The van der Waals surface area contributed by atoms with E-state index in [4.69, 9.17) is 10.5 Å². The van der Waals surface area contributed by atoms with E-state index < -0.39 is 21.6 Å². The Hall–Kier alpha value is -3.79. The summed E-state index contributed by atoms with van der Waals surface area (Å²) in [5, 5.41) is 3.07. The quantitative estimate of drug-likeness (QED) is 0.476. The molecule has 0 atom stereocenters. The van der Waals surface area contributed by atoms with E-state index in [1.807, 2.05) is 20.8 Å². The van der Waals surface area contributed by atoms with Crippen molar-refractivity contribution in [2.45, 2.75) is 37.6 Å². The number of hydrogen-bond donors (Lipinski definition) is 2. The molecule has 0 bridgehead atoms. The molecule has 3 rings (SSSR count). The zero-order valence-corrected chi connectivity index (χ0v) is 20.7. The molecule has 0 spiro atoms. The molecule has 0 unspecified atom stereocenters. The minimum absolute atomic E-state index is 0.119. The normalized spacial score (nSPS) is 12.8. The van der Waals surface area contributed by atoms with Crippen molar-refractivity contribution in [3.05, 3.63) is 71.9 Å². The molecule has 0 saturated carbocycles. The Morgan fingerprint density at radius 3 is 2.57 bits per heavy atom. The number of aliphatic imine (C=N–C) groups is 1. The van der Waals surface area contributed by atoms with Gasteiger partial charge in [-0.2, -0.15) is 0 Å². The van der Waals surface area contributed by atoms with E-state index in [-0.39, 0.29) is 28.2 Å². The molecule has 1 aromatic heterocycles. The van der Waals surface area contributed by atoms with Crippen LogP contribution in [0.2, 0.25) is 0 Å². The molecule has 8 nitrogen and oxygen atoms in total. The summed E-state index contributed by atoms with van der Waals surface area (Å²) in [5.74, 6) is -0.581. The van der Waals surface area contributed by atoms with Crippen LogP contribution in [-0.2, 0) is 21.1 Å². The van der Waals surface area contributed by atoms with Crippen LogP contribution in [0.3, 0.4) is 0 Å². The fraction of sp³-hybridized carbons (Fsp3) is 0.240. The maximum absolute atomic E-state index is 14.8. The molecule has 3 N–H and O–H groups in total. The highest BCUT2D eigenvalue weighted by Crippen LogP contribution is 2.31. The Kier molecular flexibility index (Phi) is 7.54. The number of carbonyl (C=O) groups is 1. The summed E-state index contributed by atoms with van der Waals surface area (Å²) >= 11 is 0. The minimum Gasteiger partial charge on any atom is -0.456 e. The van der Waals surface area contributed by atoms with Crippen molar-refractivity contribution in [1.29, 1.82) is 0 Å². The molecule has 1 heterocycles. The van der Waals surface area contributed by atoms with Crippen molar-refractivity contribution < 1.29 is 22.3 Å². The van der Waals surface area contributed by atoms with Gasteiger partial charge in [-0.15, -0.1) is 0 Å². The Balaban J connectivity index is 1.77. The maximum atomic E-state index is 14.8. The van der Waals surface area contributed by atoms with Crippen LogP contribution in [0.25, 0.3) is 10.9 Å². The van der Waals surface area contributed by atoms with Crippen molar-refractivity contribution in [2.75, 3.05) is 6.26 Å². The van der Waals surface area contributed by atoms with Gasteiger partial charge in [0.15, 0.2) is 9.84 Å². The molecule has 3 aromatic rings. The number of carbonyl (C=O) groups excluding carboxylic acids is 1. The Morgan fingerprint density at radius 1 is 1.20 bits per heavy atom. The molecule has 0 saturated heterocycles. The number of hydrogen-bond acceptors (Lipinski definition) is 7. The second-order valence-corrected chi connectivity index (χ2v) is 10.9. The van der Waals surface area contributed by atoms with Gasteiger partial charge in [0.1, 0.15) is 17.3 Å². The van der Waals surface area contributed by atoms with E-state index in [1.54, 1.807) is 12.1 Å². The largest absolute Gasteiger partial charge is 0.456 e. The van der Waals surface area contributed by atoms with Crippen LogP contribution in [0.5, 0.6) is 11.5 Å². The van der Waals surface area contributed by atoms with Crippen molar-refractivity contribution in [1.82, 2.24) is 10.3 Å². The van der Waals surface area contributed by atoms with E-state index in [0.717, 1.165) is 12.3 Å². The average Bonchev–Trinajstić information content (AvgIpc) is 2.77. The van der Waals surface area contributed by atoms with Crippen LogP contribution in [-0.4, -0.2) is 37.3 Å². The van der Waals surface area contributed by atoms with Gasteiger partial charge in [0.05, 0.1) is 28.1 Å². The zero-order chi connectivity index (χ0) is 25.8. The highest BCUT2D eigenvalue weighted by molar-refractivity contribution is 7.90. The predicted molar refractivity (Wildman–Crippen MR) is 134 cm³/mol. The minimum atomic E-state index is -3.43. The first-order valence-electron chi connectivity index (χ1n) is 10.7. The number of ether oxygens (including phenoxy) is 1. The lowest BCUT2D eigenvalue weighted by molar-refractivity contribution is -0.119. The highest BCUT2D eigenvalue weighted by atomic mass is 32.2. The third kappa shape index (κ3) is 7.10. The van der Waals surface area contributed by atoms with E-state index in [0.29, 0.717) is 22.3 Å². The van der Waals surface area contributed by atoms with Gasteiger partial charge in [-0.1, -0.05) is 6.07 Å². The van der Waals surface area contributed by atoms with Gasteiger partial charge in [-0.05, 0) is 56.7 Å². The fourth-order valence-electron chi connectivity index (χ4n) is 3.04. The van der Waals surface area contributed by atoms with Crippen molar-refractivity contribution in [3.63, 3.8) is 0 Å². The third-order valence-electron chi connectivity index (χ3n) is 4.76. The number of nitrogens with zero attached hydrogens (tertiary/aromatic N) is 2. The van der Waals surface area contributed by atoms with E-state index >= 15 is 0 Å². The number of halogens is 1. The van der Waals surface area contributed by atoms with Gasteiger partial charge in [0, 0.05) is 36.3 Å². The molecule has 2 aromatic carbocycles. The standard InChI is InChI=1S/C25H27FN4O4S/c1-25(2,3)29-15-17(14-27)30-24(31)11-16-5-6-18(12-21(16)26)34-23-9-10-28-22-8-7-19(13-20(22)23)35(4,32)33/h5-10,12-15H,11,27H2,1-4H3,(H,30,31)/b17-14+,29-15?. The summed E-state index contributed by atoms with van der Waals surface area (Å²) in [6.07, 6.45) is 5.08. The Morgan fingerprint density at radius 2 is 1.94 bits per heavy atom. The number of amides is 1. The van der Waals surface area contributed by atoms with Gasteiger partial charge in [0.2, 0.25) is 5.91 Å². The molecule has 35 heavy (non-hydrogen) atoms. The number of benzene rings is 2. The van der Waals surface area contributed by atoms with Gasteiger partial charge in [0.25, 0.3) is 0 Å². The first-order valence-corrected chi connectivity index (χ1v) is 12.6. The molecule has 0 aliphatic rings. The van der Waals surface area contributed by atoms with Crippen LogP contribution < -0.4 is 15.8 Å². The van der Waals surface area contributed by atoms with Crippen LogP contribution in [0.15, 0.2) is 70.4 Å². The topological polar surface area (TPSA) is 124 Å². The number of nitrogens with one attached hydrogen (secondary N) is 1. The van der Waals surface area contributed by atoms with Crippen molar-refractivity contribution in [2.24, 2.45) is 10.7 Å². The van der Waals surface area contributed by atoms with E-state index in [1.165, 1.54) is 42.9 Å². The molecular formula is C25H27FN4O4S. The highest BCUT2D eigenvalue weighted by Gasteiger charge is 2.14. The van der Waals surface area contributed by atoms with Crippen LogP contribution >= 0.6 is 0 Å². The van der Waals surface area contributed by atoms with Crippen LogP contribution in [0.1, 0.15) is 26.3 Å². The van der Waals surface area contributed by atoms with Crippen LogP contribution in [0, 0.1) is 5.82 Å². The molecule has 0 fully saturated rings. The molecular weight excluding hydrogens is 471 g/mol. The summed E-state index contributed by atoms with van der Waals surface area (Å²) in [4.78, 5) is 21.0. The second-order valence-electron chi connectivity index (χ2n) is 8.89. The molecule has 10 heteroatoms. The molecule has 1 amide bonds. The zero-order valence-electron chi connectivity index (χ0n) is 19.9. The lowest BCUT2D eigenvalue weighted by atomic mass is 10.1. The number of nitrogens with two attached hydrogens (primary N) is 1. The summed E-state index contributed by atoms with van der Waals surface area (Å²) in [5.41, 5.74) is 6.21. The molecule has 0 aliphatic carbocycles. The first-order chi connectivity index (χ1) is 16.4. The molecule has 184 valence electrons. The summed E-state index contributed by atoms with van der Waals surface area (Å²) in [6, 6.07) is 10.2. The summed E-state index contributed by atoms with van der Waals surface area (Å²) in [7, 11) is -3.43. The number of aromatic nitrogens is 1. The number of sulfone groups is 1. The second kappa shape index (κ2) is 10.2. The van der Waals surface area contributed by atoms with Crippen LogP contribution in [0.4, 0.5) is 4.39 Å². The number of rotatable bonds is 7. The SMILES string of the molecule is CC(C)(C)N=C/C(=C\N)NC(=O)Cc1ccc(Oc2ccnc3ccc(S(C)(=O)=O)cc23)cc1F. The smallest absolute Gasteiger partial charge is 0.228 e. The number of pyridine rings is 1. The van der Waals surface area contributed by atoms with Gasteiger partial charge >= 0.3 is 0 Å². The van der Waals surface area contributed by atoms with Gasteiger partial charge in [-0.25, -0.2) is 12.8 Å². The summed E-state index contributed by atoms with van der Waals surface area (Å²) < 4.78 is 44.4. The fourth-order valence-corrected chi connectivity index (χ4v) is 3.69. The monoisotopic (exact) mass is 498 g/mol. The van der Waals surface area contributed by atoms with Crippen molar-refractivity contribution in [3.8, 4) is 11.5 Å². The Labute approximate surface area is 203 Å². The van der Waals surface area contributed by atoms with Gasteiger partial charge in [-0.3, -0.25) is 14.8 Å². The lowest BCUT2D eigenvalue weighted by Gasteiger charge is -2.13. The number of allylic oxidation sites excluding steroid dienone is 1. The van der Waals surface area contributed by atoms with E-state index in [9.17, 15) is 17.6 Å². The Bertz CT molecular complexity index is 1430. The summed E-state index contributed by atoms with van der Waals surface area (Å²) in [6.45, 7) is 5.70. The maximum Gasteiger partial charge on any atom is 0.228 e.